The molecule has 0 aliphatic heterocycles. The van der Waals surface area contributed by atoms with Crippen LogP contribution in [0.4, 0.5) is 8.78 Å². The van der Waals surface area contributed by atoms with Gasteiger partial charge in [-0.1, -0.05) is 28.1 Å². The summed E-state index contributed by atoms with van der Waals surface area (Å²) in [6.07, 6.45) is -2.52. The fraction of sp³-hybridized carbons (Fsp3) is 0.400. The lowest BCUT2D eigenvalue weighted by Gasteiger charge is -2.13. The lowest BCUT2D eigenvalue weighted by atomic mass is 10.0. The molecular formula is C10H12BrF2N. The van der Waals surface area contributed by atoms with E-state index in [1.165, 1.54) is 0 Å². The van der Waals surface area contributed by atoms with Crippen LogP contribution in [0.3, 0.4) is 0 Å². The first-order chi connectivity index (χ1) is 6.43. The van der Waals surface area contributed by atoms with E-state index in [9.17, 15) is 8.78 Å². The van der Waals surface area contributed by atoms with E-state index in [2.05, 4.69) is 15.9 Å². The minimum absolute atomic E-state index is 0.484. The molecule has 78 valence electrons. The smallest absolute Gasteiger partial charge is 0.257 e. The maximum atomic E-state index is 12.3. The van der Waals surface area contributed by atoms with E-state index in [1.807, 2.05) is 13.8 Å². The third kappa shape index (κ3) is 2.30. The number of halogens is 3. The van der Waals surface area contributed by atoms with Crippen molar-refractivity contribution in [1.29, 1.82) is 0 Å². The van der Waals surface area contributed by atoms with Gasteiger partial charge in [-0.05, 0) is 30.5 Å². The Hall–Kier alpha value is -0.480. The first kappa shape index (κ1) is 11.6. The van der Waals surface area contributed by atoms with E-state index in [0.29, 0.717) is 5.56 Å². The van der Waals surface area contributed by atoms with E-state index in [1.54, 1.807) is 12.1 Å². The van der Waals surface area contributed by atoms with Crippen LogP contribution in [-0.4, -0.2) is 6.43 Å². The van der Waals surface area contributed by atoms with Gasteiger partial charge >= 0.3 is 0 Å². The van der Waals surface area contributed by atoms with E-state index in [-0.39, 0.29) is 0 Å². The number of rotatable bonds is 2. The normalized spacial score (nSPS) is 13.4. The molecule has 1 atom stereocenters. The van der Waals surface area contributed by atoms with Crippen LogP contribution in [0.5, 0.6) is 0 Å². The summed E-state index contributed by atoms with van der Waals surface area (Å²) in [6.45, 7) is 3.72. The molecule has 1 nitrogen and oxygen atoms in total. The molecule has 0 amide bonds. The topological polar surface area (TPSA) is 26.0 Å². The Morgan fingerprint density at radius 2 is 1.64 bits per heavy atom. The molecule has 4 heteroatoms. The second kappa shape index (κ2) is 4.36. The Morgan fingerprint density at radius 3 is 2.00 bits per heavy atom. The van der Waals surface area contributed by atoms with Gasteiger partial charge in [-0.3, -0.25) is 0 Å². The van der Waals surface area contributed by atoms with Gasteiger partial charge in [-0.25, -0.2) is 8.78 Å². The number of aryl methyl sites for hydroxylation is 2. The molecule has 0 bridgehead atoms. The highest BCUT2D eigenvalue weighted by Crippen LogP contribution is 2.26. The summed E-state index contributed by atoms with van der Waals surface area (Å²) in [4.78, 5) is 0. The summed E-state index contributed by atoms with van der Waals surface area (Å²) in [5.74, 6) is 0. The average molecular weight is 264 g/mol. The van der Waals surface area contributed by atoms with Crippen molar-refractivity contribution in [1.82, 2.24) is 0 Å². The van der Waals surface area contributed by atoms with Crippen molar-refractivity contribution in [2.45, 2.75) is 26.3 Å². The predicted octanol–water partition coefficient (Wildman–Crippen LogP) is 3.33. The van der Waals surface area contributed by atoms with E-state index in [4.69, 9.17) is 5.73 Å². The zero-order chi connectivity index (χ0) is 10.9. The van der Waals surface area contributed by atoms with Crippen LogP contribution in [-0.2, 0) is 0 Å². The second-order valence-corrected chi connectivity index (χ2v) is 4.12. The van der Waals surface area contributed by atoms with Gasteiger partial charge in [0.2, 0.25) is 0 Å². The lowest BCUT2D eigenvalue weighted by Crippen LogP contribution is -2.19. The van der Waals surface area contributed by atoms with Crippen molar-refractivity contribution >= 4 is 15.9 Å². The van der Waals surface area contributed by atoms with Crippen LogP contribution in [0.25, 0.3) is 0 Å². The van der Waals surface area contributed by atoms with Crippen molar-refractivity contribution in [3.63, 3.8) is 0 Å². The maximum absolute atomic E-state index is 12.3. The number of benzene rings is 1. The van der Waals surface area contributed by atoms with E-state index >= 15 is 0 Å². The quantitative estimate of drug-likeness (QED) is 0.871. The van der Waals surface area contributed by atoms with Crippen molar-refractivity contribution in [2.75, 3.05) is 0 Å². The summed E-state index contributed by atoms with van der Waals surface area (Å²) < 4.78 is 25.6. The molecule has 2 N–H and O–H groups in total. The molecule has 0 radical (unpaired) electrons. The molecule has 0 aromatic heterocycles. The number of hydrogen-bond donors (Lipinski definition) is 1. The van der Waals surface area contributed by atoms with Gasteiger partial charge in [-0.15, -0.1) is 0 Å². The van der Waals surface area contributed by atoms with Crippen LogP contribution in [0.1, 0.15) is 22.7 Å². The van der Waals surface area contributed by atoms with E-state index < -0.39 is 12.5 Å². The SMILES string of the molecule is Cc1cc(C(N)C(F)F)cc(C)c1Br. The molecule has 14 heavy (non-hydrogen) atoms. The molecule has 1 aromatic carbocycles. The Morgan fingerprint density at radius 1 is 1.21 bits per heavy atom. The molecule has 1 rings (SSSR count). The first-order valence-corrected chi connectivity index (χ1v) is 5.03. The molecule has 0 aliphatic carbocycles. The zero-order valence-corrected chi connectivity index (χ0v) is 9.61. The van der Waals surface area contributed by atoms with Gasteiger partial charge in [-0.2, -0.15) is 0 Å². The first-order valence-electron chi connectivity index (χ1n) is 4.24. The van der Waals surface area contributed by atoms with Crippen molar-refractivity contribution in [3.05, 3.63) is 33.3 Å². The average Bonchev–Trinajstić information content (AvgIpc) is 2.12. The summed E-state index contributed by atoms with van der Waals surface area (Å²) in [7, 11) is 0. The molecule has 0 aliphatic rings. The van der Waals surface area contributed by atoms with Crippen molar-refractivity contribution in [2.24, 2.45) is 5.73 Å². The van der Waals surface area contributed by atoms with Crippen LogP contribution in [0.15, 0.2) is 16.6 Å². The largest absolute Gasteiger partial charge is 0.319 e. The van der Waals surface area contributed by atoms with Crippen LogP contribution >= 0.6 is 15.9 Å². The highest BCUT2D eigenvalue weighted by molar-refractivity contribution is 9.10. The van der Waals surface area contributed by atoms with E-state index in [0.717, 1.165) is 15.6 Å². The minimum Gasteiger partial charge on any atom is -0.319 e. The highest BCUT2D eigenvalue weighted by atomic mass is 79.9. The van der Waals surface area contributed by atoms with Crippen LogP contribution in [0, 0.1) is 13.8 Å². The maximum Gasteiger partial charge on any atom is 0.257 e. The summed E-state index contributed by atoms with van der Waals surface area (Å²) in [5, 5.41) is 0. The van der Waals surface area contributed by atoms with Gasteiger partial charge < -0.3 is 5.73 Å². The standard InChI is InChI=1S/C10H12BrF2N/c1-5-3-7(9(14)10(12)13)4-6(2)8(5)11/h3-4,9-10H,14H2,1-2H3. The third-order valence-electron chi connectivity index (χ3n) is 2.12. The summed E-state index contributed by atoms with van der Waals surface area (Å²) in [5.41, 5.74) is 7.70. The molecular weight excluding hydrogens is 252 g/mol. The highest BCUT2D eigenvalue weighted by Gasteiger charge is 2.18. The van der Waals surface area contributed by atoms with Crippen LogP contribution < -0.4 is 5.73 Å². The summed E-state index contributed by atoms with van der Waals surface area (Å²) in [6, 6.07) is 2.18. The minimum atomic E-state index is -2.52. The molecule has 1 aromatic rings. The zero-order valence-electron chi connectivity index (χ0n) is 8.02. The van der Waals surface area contributed by atoms with Gasteiger partial charge in [0.05, 0.1) is 6.04 Å². The molecule has 0 fully saturated rings. The number of alkyl halides is 2. The molecule has 0 spiro atoms. The van der Waals surface area contributed by atoms with Gasteiger partial charge in [0, 0.05) is 4.47 Å². The fourth-order valence-electron chi connectivity index (χ4n) is 1.32. The number of nitrogens with two attached hydrogens (primary N) is 1. The Kier molecular flexibility index (Phi) is 3.61. The number of hydrogen-bond acceptors (Lipinski definition) is 1. The van der Waals surface area contributed by atoms with Gasteiger partial charge in [0.15, 0.2) is 0 Å². The third-order valence-corrected chi connectivity index (χ3v) is 3.37. The fourth-order valence-corrected chi connectivity index (χ4v) is 1.55. The monoisotopic (exact) mass is 263 g/mol. The predicted molar refractivity (Wildman–Crippen MR) is 56.5 cm³/mol. The van der Waals surface area contributed by atoms with Crippen LogP contribution in [0.2, 0.25) is 0 Å². The summed E-state index contributed by atoms with van der Waals surface area (Å²) >= 11 is 3.37. The van der Waals surface area contributed by atoms with Gasteiger partial charge in [0.25, 0.3) is 6.43 Å². The molecule has 0 saturated heterocycles. The van der Waals surface area contributed by atoms with Gasteiger partial charge in [0.1, 0.15) is 0 Å². The lowest BCUT2D eigenvalue weighted by molar-refractivity contribution is 0.116. The van der Waals surface area contributed by atoms with Crippen molar-refractivity contribution in [3.8, 4) is 0 Å². The Labute approximate surface area is 90.4 Å². The Balaban J connectivity index is 3.12. The van der Waals surface area contributed by atoms with Crippen molar-refractivity contribution < 1.29 is 8.78 Å². The Bertz CT molecular complexity index is 316. The molecule has 1 unspecified atom stereocenters. The second-order valence-electron chi connectivity index (χ2n) is 3.33. The molecule has 0 heterocycles. The molecule has 0 saturated carbocycles.